The van der Waals surface area contributed by atoms with Gasteiger partial charge >= 0.3 is 5.97 Å². The quantitative estimate of drug-likeness (QED) is 0.475. The molecule has 0 unspecified atom stereocenters. The second kappa shape index (κ2) is 7.88. The standard InChI is InChI=1S/C20H17N3O5S/c21-19(26)18-11-4-3-7-14(11)29-20(18)23-15(24)10-27-17(25)9-8-16-22-12-5-1-2-6-13(12)28-16/h1-2,5-6,8-9H,3-4,7,10H2,(H2,21,26)(H,23,24)/b9-8+. The fourth-order valence-corrected chi connectivity index (χ4v) is 4.51. The van der Waals surface area contributed by atoms with Crippen LogP contribution in [0.4, 0.5) is 5.00 Å². The average molecular weight is 411 g/mol. The fourth-order valence-electron chi connectivity index (χ4n) is 3.20. The van der Waals surface area contributed by atoms with Gasteiger partial charge < -0.3 is 20.2 Å². The van der Waals surface area contributed by atoms with Gasteiger partial charge in [0.05, 0.1) is 5.56 Å². The third kappa shape index (κ3) is 4.04. The maximum Gasteiger partial charge on any atom is 0.331 e. The van der Waals surface area contributed by atoms with Crippen molar-refractivity contribution in [2.45, 2.75) is 19.3 Å². The number of ether oxygens (including phenoxy) is 1. The number of anilines is 1. The highest BCUT2D eigenvalue weighted by atomic mass is 32.1. The van der Waals surface area contributed by atoms with E-state index in [0.29, 0.717) is 21.7 Å². The summed E-state index contributed by atoms with van der Waals surface area (Å²) >= 11 is 1.34. The number of rotatable bonds is 6. The van der Waals surface area contributed by atoms with Crippen molar-refractivity contribution >= 4 is 51.3 Å². The van der Waals surface area contributed by atoms with Crippen molar-refractivity contribution < 1.29 is 23.5 Å². The Balaban J connectivity index is 1.34. The van der Waals surface area contributed by atoms with Gasteiger partial charge in [0.15, 0.2) is 12.2 Å². The highest BCUT2D eigenvalue weighted by molar-refractivity contribution is 7.17. The predicted octanol–water partition coefficient (Wildman–Crippen LogP) is 2.67. The van der Waals surface area contributed by atoms with E-state index in [1.54, 1.807) is 12.1 Å². The minimum atomic E-state index is -0.716. The summed E-state index contributed by atoms with van der Waals surface area (Å²) in [5.41, 5.74) is 8.01. The zero-order valence-corrected chi connectivity index (χ0v) is 16.1. The molecule has 4 rings (SSSR count). The third-order valence-corrected chi connectivity index (χ3v) is 5.65. The van der Waals surface area contributed by atoms with Gasteiger partial charge in [-0.3, -0.25) is 9.59 Å². The molecule has 1 aliphatic carbocycles. The Morgan fingerprint density at radius 2 is 2.10 bits per heavy atom. The molecule has 9 heteroatoms. The molecule has 0 spiro atoms. The van der Waals surface area contributed by atoms with Gasteiger partial charge in [-0.1, -0.05) is 12.1 Å². The number of aryl methyl sites for hydroxylation is 1. The highest BCUT2D eigenvalue weighted by Gasteiger charge is 2.26. The van der Waals surface area contributed by atoms with Crippen LogP contribution in [0.5, 0.6) is 0 Å². The monoisotopic (exact) mass is 411 g/mol. The lowest BCUT2D eigenvalue weighted by Gasteiger charge is -2.06. The first-order valence-electron chi connectivity index (χ1n) is 8.96. The number of hydrogen-bond donors (Lipinski definition) is 2. The summed E-state index contributed by atoms with van der Waals surface area (Å²) in [5, 5.41) is 3.02. The Morgan fingerprint density at radius 3 is 2.90 bits per heavy atom. The Hall–Kier alpha value is -3.46. The molecule has 0 atom stereocenters. The molecule has 0 fully saturated rings. The molecule has 0 aliphatic heterocycles. The molecule has 2 aromatic heterocycles. The number of nitrogens with one attached hydrogen (secondary N) is 1. The summed E-state index contributed by atoms with van der Waals surface area (Å²) in [6.07, 6.45) is 5.11. The van der Waals surface area contributed by atoms with Gasteiger partial charge in [-0.15, -0.1) is 11.3 Å². The molecule has 3 N–H and O–H groups in total. The molecule has 148 valence electrons. The minimum Gasteiger partial charge on any atom is -0.452 e. The number of nitrogens with two attached hydrogens (primary N) is 1. The number of para-hydroxylation sites is 2. The zero-order chi connectivity index (χ0) is 20.4. The van der Waals surface area contributed by atoms with E-state index >= 15 is 0 Å². The molecule has 8 nitrogen and oxygen atoms in total. The third-order valence-electron chi connectivity index (χ3n) is 4.44. The number of amides is 2. The molecule has 0 saturated carbocycles. The van der Waals surface area contributed by atoms with Crippen molar-refractivity contribution in [2.24, 2.45) is 5.73 Å². The Bertz CT molecular complexity index is 1110. The second-order valence-electron chi connectivity index (χ2n) is 6.43. The van der Waals surface area contributed by atoms with Crippen LogP contribution in [0.3, 0.4) is 0 Å². The Morgan fingerprint density at radius 1 is 1.28 bits per heavy atom. The van der Waals surface area contributed by atoms with Crippen LogP contribution in [-0.4, -0.2) is 29.4 Å². The van der Waals surface area contributed by atoms with Crippen LogP contribution < -0.4 is 11.1 Å². The normalized spacial score (nSPS) is 13.0. The summed E-state index contributed by atoms with van der Waals surface area (Å²) in [6, 6.07) is 7.21. The number of primary amides is 1. The molecule has 1 aromatic carbocycles. The topological polar surface area (TPSA) is 125 Å². The molecule has 29 heavy (non-hydrogen) atoms. The first-order valence-corrected chi connectivity index (χ1v) is 9.77. The zero-order valence-electron chi connectivity index (χ0n) is 15.3. The molecule has 3 aromatic rings. The van der Waals surface area contributed by atoms with Crippen LogP contribution in [0, 0.1) is 0 Å². The molecule has 2 heterocycles. The predicted molar refractivity (Wildman–Crippen MR) is 107 cm³/mol. The fraction of sp³-hybridized carbons (Fsp3) is 0.200. The van der Waals surface area contributed by atoms with Gasteiger partial charge in [0.25, 0.3) is 11.8 Å². The van der Waals surface area contributed by atoms with Crippen LogP contribution in [0.25, 0.3) is 17.2 Å². The molecule has 0 saturated heterocycles. The van der Waals surface area contributed by atoms with Gasteiger partial charge in [-0.25, -0.2) is 9.78 Å². The molecule has 0 radical (unpaired) electrons. The van der Waals surface area contributed by atoms with Crippen LogP contribution in [0.2, 0.25) is 0 Å². The van der Waals surface area contributed by atoms with E-state index in [1.807, 2.05) is 12.1 Å². The smallest absolute Gasteiger partial charge is 0.331 e. The largest absolute Gasteiger partial charge is 0.452 e. The number of benzene rings is 1. The second-order valence-corrected chi connectivity index (χ2v) is 7.54. The van der Waals surface area contributed by atoms with Crippen LogP contribution >= 0.6 is 11.3 Å². The van der Waals surface area contributed by atoms with Crippen LogP contribution in [-0.2, 0) is 27.2 Å². The van der Waals surface area contributed by atoms with E-state index in [9.17, 15) is 14.4 Å². The average Bonchev–Trinajstić information content (AvgIpc) is 3.37. The first-order chi connectivity index (χ1) is 14.0. The van der Waals surface area contributed by atoms with Gasteiger partial charge in [0.1, 0.15) is 10.5 Å². The van der Waals surface area contributed by atoms with E-state index in [-0.39, 0.29) is 5.89 Å². The lowest BCUT2D eigenvalue weighted by molar-refractivity contribution is -0.142. The maximum atomic E-state index is 12.1. The molecule has 2 amide bonds. The van der Waals surface area contributed by atoms with Gasteiger partial charge in [0.2, 0.25) is 5.89 Å². The lowest BCUT2D eigenvalue weighted by atomic mass is 10.1. The molecule has 0 bridgehead atoms. The van der Waals surface area contributed by atoms with Crippen molar-refractivity contribution in [2.75, 3.05) is 11.9 Å². The molecular formula is C20H17N3O5S. The van der Waals surface area contributed by atoms with Crippen molar-refractivity contribution in [3.05, 3.63) is 52.2 Å². The van der Waals surface area contributed by atoms with Crippen LogP contribution in [0.1, 0.15) is 33.1 Å². The van der Waals surface area contributed by atoms with Crippen LogP contribution in [0.15, 0.2) is 34.8 Å². The number of aromatic nitrogens is 1. The van der Waals surface area contributed by atoms with E-state index in [4.69, 9.17) is 14.9 Å². The van der Waals surface area contributed by atoms with Gasteiger partial charge in [-0.2, -0.15) is 0 Å². The number of oxazole rings is 1. The number of carbonyl (C=O) groups is 3. The van der Waals surface area contributed by atoms with E-state index < -0.39 is 24.4 Å². The summed E-state index contributed by atoms with van der Waals surface area (Å²) in [7, 11) is 0. The summed E-state index contributed by atoms with van der Waals surface area (Å²) in [6.45, 7) is -0.489. The number of nitrogens with zero attached hydrogens (tertiary/aromatic N) is 1. The number of hydrogen-bond acceptors (Lipinski definition) is 7. The van der Waals surface area contributed by atoms with Crippen molar-refractivity contribution in [3.63, 3.8) is 0 Å². The highest BCUT2D eigenvalue weighted by Crippen LogP contribution is 2.38. The van der Waals surface area contributed by atoms with E-state index in [1.165, 1.54) is 17.4 Å². The summed E-state index contributed by atoms with van der Waals surface area (Å²) in [5.74, 6) is -1.58. The minimum absolute atomic E-state index is 0.256. The van der Waals surface area contributed by atoms with Crippen molar-refractivity contribution in [3.8, 4) is 0 Å². The molecule has 1 aliphatic rings. The lowest BCUT2D eigenvalue weighted by Crippen LogP contribution is -2.22. The molecular weight excluding hydrogens is 394 g/mol. The Labute approximate surface area is 169 Å². The number of thiophene rings is 1. The van der Waals surface area contributed by atoms with Crippen molar-refractivity contribution in [1.29, 1.82) is 0 Å². The number of carbonyl (C=O) groups excluding carboxylic acids is 3. The number of fused-ring (bicyclic) bond motifs is 2. The van der Waals surface area contributed by atoms with Gasteiger partial charge in [-0.05, 0) is 37.0 Å². The maximum absolute atomic E-state index is 12.1. The summed E-state index contributed by atoms with van der Waals surface area (Å²) in [4.78, 5) is 41.0. The number of esters is 1. The SMILES string of the molecule is NC(=O)c1c(NC(=O)COC(=O)/C=C/c2nc3ccccc3o2)sc2c1CCC2. The Kier molecular flexibility index (Phi) is 5.13. The van der Waals surface area contributed by atoms with Gasteiger partial charge in [0, 0.05) is 17.0 Å². The van der Waals surface area contributed by atoms with E-state index in [2.05, 4.69) is 10.3 Å². The summed E-state index contributed by atoms with van der Waals surface area (Å²) < 4.78 is 10.4. The van der Waals surface area contributed by atoms with E-state index in [0.717, 1.165) is 35.8 Å². The van der Waals surface area contributed by atoms with Crippen molar-refractivity contribution in [1.82, 2.24) is 4.98 Å². The first kappa shape index (κ1) is 18.9.